The molecule has 1 aliphatic carbocycles. The summed E-state index contributed by atoms with van der Waals surface area (Å²) in [6, 6.07) is 17.9. The first-order valence-corrected chi connectivity index (χ1v) is 8.19. The Morgan fingerprint density at radius 3 is 2.73 bits per heavy atom. The molecule has 0 aliphatic heterocycles. The zero-order valence-electron chi connectivity index (χ0n) is 13.5. The zero-order chi connectivity index (χ0) is 15.5. The molecule has 0 amide bonds. The fourth-order valence-electron chi connectivity index (χ4n) is 3.70. The van der Waals surface area contributed by atoms with Gasteiger partial charge in [0, 0.05) is 5.92 Å². The van der Waals surface area contributed by atoms with Gasteiger partial charge in [-0.15, -0.1) is 0 Å². The molecule has 22 heavy (non-hydrogen) atoms. The molecule has 0 saturated carbocycles. The Labute approximate surface area is 134 Å². The van der Waals surface area contributed by atoms with Gasteiger partial charge in [0.1, 0.15) is 0 Å². The third kappa shape index (κ3) is 2.78. The van der Waals surface area contributed by atoms with Gasteiger partial charge < -0.3 is 0 Å². The predicted octanol–water partition coefficient (Wildman–Crippen LogP) is 5.99. The summed E-state index contributed by atoms with van der Waals surface area (Å²) in [5.74, 6) is 1.26. The van der Waals surface area contributed by atoms with Gasteiger partial charge in [0.25, 0.3) is 0 Å². The summed E-state index contributed by atoms with van der Waals surface area (Å²) in [7, 11) is 0. The summed E-state index contributed by atoms with van der Waals surface area (Å²) in [4.78, 5) is 0. The monoisotopic (exact) mass is 288 g/mol. The van der Waals surface area contributed by atoms with Crippen LogP contribution in [-0.2, 0) is 6.42 Å². The second-order valence-electron chi connectivity index (χ2n) is 6.37. The van der Waals surface area contributed by atoms with Crippen LogP contribution in [-0.4, -0.2) is 0 Å². The normalized spacial score (nSPS) is 21.3. The lowest BCUT2D eigenvalue weighted by Crippen LogP contribution is -2.17. The van der Waals surface area contributed by atoms with Crippen molar-refractivity contribution in [2.45, 2.75) is 32.6 Å². The van der Waals surface area contributed by atoms with Crippen LogP contribution in [0, 0.1) is 5.92 Å². The molecule has 0 unspecified atom stereocenters. The summed E-state index contributed by atoms with van der Waals surface area (Å²) >= 11 is 0. The standard InChI is InChI=1S/C22H24/c1-4-17(5-2)18-10-8-11-20(15-18)22-14-16(3)13-19-9-6-7-12-21(19)22/h4-12,15-16,22H,1,13-14H2,2-3H3/b17-5+/t16-,22+/m1/s1. The second-order valence-corrected chi connectivity index (χ2v) is 6.37. The molecule has 0 spiro atoms. The van der Waals surface area contributed by atoms with E-state index in [9.17, 15) is 0 Å². The lowest BCUT2D eigenvalue weighted by molar-refractivity contribution is 0.464. The maximum absolute atomic E-state index is 3.93. The van der Waals surface area contributed by atoms with Gasteiger partial charge in [-0.1, -0.05) is 74.2 Å². The summed E-state index contributed by atoms with van der Waals surface area (Å²) in [6.45, 7) is 8.37. The van der Waals surface area contributed by atoms with E-state index in [2.05, 4.69) is 75.0 Å². The highest BCUT2D eigenvalue weighted by Crippen LogP contribution is 2.39. The van der Waals surface area contributed by atoms with E-state index in [1.54, 1.807) is 0 Å². The SMILES string of the molecule is C=C/C(=C\C)c1cccc([C@@H]2C[C@H](C)Cc3ccccc32)c1. The van der Waals surface area contributed by atoms with E-state index in [4.69, 9.17) is 0 Å². The molecule has 2 aromatic rings. The van der Waals surface area contributed by atoms with Crippen molar-refractivity contribution in [3.05, 3.63) is 89.5 Å². The van der Waals surface area contributed by atoms with Crippen molar-refractivity contribution in [2.24, 2.45) is 5.92 Å². The van der Waals surface area contributed by atoms with Gasteiger partial charge >= 0.3 is 0 Å². The minimum Gasteiger partial charge on any atom is -0.0985 e. The Morgan fingerprint density at radius 1 is 1.14 bits per heavy atom. The maximum Gasteiger partial charge on any atom is 0.00949 e. The average Bonchev–Trinajstić information content (AvgIpc) is 2.55. The van der Waals surface area contributed by atoms with E-state index in [0.717, 1.165) is 5.92 Å². The number of allylic oxidation sites excluding steroid dienone is 3. The van der Waals surface area contributed by atoms with Crippen molar-refractivity contribution in [3.8, 4) is 0 Å². The quantitative estimate of drug-likeness (QED) is 0.608. The molecule has 0 heterocycles. The molecule has 1 aliphatic rings. The number of benzene rings is 2. The molecule has 0 heteroatoms. The number of fused-ring (bicyclic) bond motifs is 1. The molecular formula is C22H24. The summed E-state index contributed by atoms with van der Waals surface area (Å²) in [5, 5.41) is 0. The van der Waals surface area contributed by atoms with Gasteiger partial charge in [0.15, 0.2) is 0 Å². The Balaban J connectivity index is 2.05. The minimum atomic E-state index is 0.517. The van der Waals surface area contributed by atoms with Gasteiger partial charge in [-0.2, -0.15) is 0 Å². The summed E-state index contributed by atoms with van der Waals surface area (Å²) < 4.78 is 0. The maximum atomic E-state index is 3.93. The molecule has 2 aromatic carbocycles. The molecule has 0 saturated heterocycles. The summed E-state index contributed by atoms with van der Waals surface area (Å²) in [5.41, 5.74) is 6.94. The van der Waals surface area contributed by atoms with Crippen LogP contribution in [0.25, 0.3) is 5.57 Å². The highest BCUT2D eigenvalue weighted by molar-refractivity contribution is 5.73. The van der Waals surface area contributed by atoms with Crippen molar-refractivity contribution in [1.82, 2.24) is 0 Å². The van der Waals surface area contributed by atoms with Crippen LogP contribution in [0.3, 0.4) is 0 Å². The zero-order valence-corrected chi connectivity index (χ0v) is 13.5. The molecule has 0 aromatic heterocycles. The molecule has 0 radical (unpaired) electrons. The predicted molar refractivity (Wildman–Crippen MR) is 96.1 cm³/mol. The van der Waals surface area contributed by atoms with Gasteiger partial charge in [0.2, 0.25) is 0 Å². The van der Waals surface area contributed by atoms with E-state index in [1.165, 1.54) is 40.7 Å². The summed E-state index contributed by atoms with van der Waals surface area (Å²) in [6.07, 6.45) is 6.51. The molecular weight excluding hydrogens is 264 g/mol. The molecule has 112 valence electrons. The van der Waals surface area contributed by atoms with Gasteiger partial charge in [0.05, 0.1) is 0 Å². The van der Waals surface area contributed by atoms with Crippen molar-refractivity contribution in [3.63, 3.8) is 0 Å². The van der Waals surface area contributed by atoms with Crippen LogP contribution in [0.4, 0.5) is 0 Å². The number of hydrogen-bond acceptors (Lipinski definition) is 0. The third-order valence-corrected chi connectivity index (χ3v) is 4.79. The molecule has 0 N–H and O–H groups in total. The van der Waals surface area contributed by atoms with E-state index in [-0.39, 0.29) is 0 Å². The minimum absolute atomic E-state index is 0.517. The van der Waals surface area contributed by atoms with E-state index in [0.29, 0.717) is 5.92 Å². The van der Waals surface area contributed by atoms with Crippen LogP contribution in [0.1, 0.15) is 48.4 Å². The highest BCUT2D eigenvalue weighted by atomic mass is 14.3. The largest absolute Gasteiger partial charge is 0.0985 e. The Kier molecular flexibility index (Phi) is 4.29. The lowest BCUT2D eigenvalue weighted by atomic mass is 9.74. The fourth-order valence-corrected chi connectivity index (χ4v) is 3.70. The Bertz CT molecular complexity index is 705. The van der Waals surface area contributed by atoms with Crippen LogP contribution in [0.15, 0.2) is 67.3 Å². The van der Waals surface area contributed by atoms with Crippen LogP contribution in [0.2, 0.25) is 0 Å². The van der Waals surface area contributed by atoms with Gasteiger partial charge in [-0.25, -0.2) is 0 Å². The number of hydrogen-bond donors (Lipinski definition) is 0. The van der Waals surface area contributed by atoms with Crippen molar-refractivity contribution < 1.29 is 0 Å². The Morgan fingerprint density at radius 2 is 1.95 bits per heavy atom. The van der Waals surface area contributed by atoms with E-state index < -0.39 is 0 Å². The van der Waals surface area contributed by atoms with Gasteiger partial charge in [-0.05, 0) is 53.5 Å². The Hall–Kier alpha value is -2.08. The first-order chi connectivity index (χ1) is 10.7. The highest BCUT2D eigenvalue weighted by Gasteiger charge is 2.25. The smallest absolute Gasteiger partial charge is 0.00949 e. The van der Waals surface area contributed by atoms with Crippen LogP contribution >= 0.6 is 0 Å². The topological polar surface area (TPSA) is 0 Å². The second kappa shape index (κ2) is 6.36. The molecule has 0 fully saturated rings. The van der Waals surface area contributed by atoms with Gasteiger partial charge in [-0.3, -0.25) is 0 Å². The third-order valence-electron chi connectivity index (χ3n) is 4.79. The average molecular weight is 288 g/mol. The first-order valence-electron chi connectivity index (χ1n) is 8.19. The molecule has 0 nitrogen and oxygen atoms in total. The number of rotatable bonds is 3. The van der Waals surface area contributed by atoms with Crippen LogP contribution in [0.5, 0.6) is 0 Å². The van der Waals surface area contributed by atoms with Crippen molar-refractivity contribution in [1.29, 1.82) is 0 Å². The van der Waals surface area contributed by atoms with Crippen molar-refractivity contribution >= 4 is 5.57 Å². The van der Waals surface area contributed by atoms with Crippen LogP contribution < -0.4 is 0 Å². The molecule has 0 bridgehead atoms. The molecule has 2 atom stereocenters. The first kappa shape index (κ1) is 14.8. The molecule has 3 rings (SSSR count). The fraction of sp³-hybridized carbons (Fsp3) is 0.273. The van der Waals surface area contributed by atoms with E-state index in [1.807, 2.05) is 6.08 Å². The van der Waals surface area contributed by atoms with E-state index >= 15 is 0 Å². The lowest BCUT2D eigenvalue weighted by Gasteiger charge is -2.30. The van der Waals surface area contributed by atoms with Crippen molar-refractivity contribution in [2.75, 3.05) is 0 Å².